The van der Waals surface area contributed by atoms with Crippen LogP contribution in [0.25, 0.3) is 0 Å². The predicted molar refractivity (Wildman–Crippen MR) is 105 cm³/mol. The zero-order valence-electron chi connectivity index (χ0n) is 15.7. The van der Waals surface area contributed by atoms with Gasteiger partial charge in [0.2, 0.25) is 5.91 Å². The Morgan fingerprint density at radius 1 is 1.21 bits per heavy atom. The van der Waals surface area contributed by atoms with Gasteiger partial charge >= 0.3 is 5.97 Å². The second-order valence-electron chi connectivity index (χ2n) is 7.54. The highest BCUT2D eigenvalue weighted by Crippen LogP contribution is 2.61. The van der Waals surface area contributed by atoms with E-state index >= 15 is 0 Å². The minimum Gasteiger partial charge on any atom is -0.459 e. The number of carbonyl (C=O) groups excluding carboxylic acids is 2. The number of rotatable bonds is 5. The molecular formula is C21H22N2O4S. The second-order valence-corrected chi connectivity index (χ2v) is 9.28. The van der Waals surface area contributed by atoms with Crippen LogP contribution < -0.4 is 0 Å². The van der Waals surface area contributed by atoms with Gasteiger partial charge < -0.3 is 14.7 Å². The average molecular weight is 398 g/mol. The Labute approximate surface area is 167 Å². The topological polar surface area (TPSA) is 79.7 Å². The first-order chi connectivity index (χ1) is 13.4. The summed E-state index contributed by atoms with van der Waals surface area (Å²) in [5.74, 6) is -1.19. The van der Waals surface area contributed by atoms with Crippen molar-refractivity contribution in [3.05, 3.63) is 66.0 Å². The molecule has 4 rings (SSSR count). The van der Waals surface area contributed by atoms with Crippen molar-refractivity contribution in [1.82, 2.24) is 9.88 Å². The summed E-state index contributed by atoms with van der Waals surface area (Å²) in [5.41, 5.74) is 0.119. The van der Waals surface area contributed by atoms with Crippen LogP contribution in [0, 0.1) is 0 Å². The number of carbonyl (C=O) groups is 2. The minimum absolute atomic E-state index is 0.0958. The van der Waals surface area contributed by atoms with Gasteiger partial charge in [-0.3, -0.25) is 9.78 Å². The zero-order valence-corrected chi connectivity index (χ0v) is 16.6. The molecule has 2 aliphatic heterocycles. The van der Waals surface area contributed by atoms with Gasteiger partial charge in [-0.2, -0.15) is 0 Å². The van der Waals surface area contributed by atoms with Crippen LogP contribution in [0.3, 0.4) is 0 Å². The number of amides is 1. The van der Waals surface area contributed by atoms with Crippen LogP contribution in [-0.2, 0) is 20.9 Å². The summed E-state index contributed by atoms with van der Waals surface area (Å²) >= 11 is 1.51. The number of aliphatic hydroxyl groups excluding tert-OH is 1. The molecule has 6 nitrogen and oxygen atoms in total. The molecule has 2 aliphatic rings. The first-order valence-corrected chi connectivity index (χ1v) is 10.0. The van der Waals surface area contributed by atoms with E-state index in [-0.39, 0.29) is 17.9 Å². The van der Waals surface area contributed by atoms with E-state index in [4.69, 9.17) is 4.74 Å². The van der Waals surface area contributed by atoms with Crippen LogP contribution in [0.4, 0.5) is 0 Å². The molecule has 1 aromatic carbocycles. The monoisotopic (exact) mass is 398 g/mol. The number of aromatic nitrogens is 1. The number of thioether (sulfide) groups is 1. The molecule has 0 radical (unpaired) electrons. The molecule has 2 fully saturated rings. The summed E-state index contributed by atoms with van der Waals surface area (Å²) in [4.78, 5) is 32.0. The maximum atomic E-state index is 13.2. The minimum atomic E-state index is -1.42. The van der Waals surface area contributed by atoms with Gasteiger partial charge in [0, 0.05) is 10.9 Å². The lowest BCUT2D eigenvalue weighted by Gasteiger charge is -2.49. The third kappa shape index (κ3) is 2.64. The fourth-order valence-electron chi connectivity index (χ4n) is 4.03. The van der Waals surface area contributed by atoms with Crippen molar-refractivity contribution in [2.24, 2.45) is 0 Å². The van der Waals surface area contributed by atoms with Gasteiger partial charge in [0.25, 0.3) is 0 Å². The summed E-state index contributed by atoms with van der Waals surface area (Å²) in [7, 11) is 0. The van der Waals surface area contributed by atoms with E-state index in [0.717, 1.165) is 5.56 Å². The summed E-state index contributed by atoms with van der Waals surface area (Å²) in [5, 5.41) is 10.0. The van der Waals surface area contributed by atoms with Gasteiger partial charge in [0.1, 0.15) is 12.5 Å². The fraction of sp³-hybridized carbons (Fsp3) is 0.381. The van der Waals surface area contributed by atoms with E-state index in [1.807, 2.05) is 56.3 Å². The molecule has 0 saturated carbocycles. The number of fused-ring (bicyclic) bond motifs is 1. The van der Waals surface area contributed by atoms with E-state index in [2.05, 4.69) is 4.98 Å². The molecule has 0 unspecified atom stereocenters. The maximum absolute atomic E-state index is 13.2. The van der Waals surface area contributed by atoms with Crippen LogP contribution in [0.15, 0.2) is 54.7 Å². The number of hydrogen-bond acceptors (Lipinski definition) is 6. The lowest BCUT2D eigenvalue weighted by molar-refractivity contribution is -0.179. The molecule has 1 aromatic heterocycles. The molecule has 3 atom stereocenters. The van der Waals surface area contributed by atoms with Crippen LogP contribution in [0.2, 0.25) is 0 Å². The van der Waals surface area contributed by atoms with Crippen molar-refractivity contribution in [1.29, 1.82) is 0 Å². The van der Waals surface area contributed by atoms with Crippen molar-refractivity contribution < 1.29 is 19.4 Å². The largest absolute Gasteiger partial charge is 0.459 e. The lowest BCUT2D eigenvalue weighted by Crippen LogP contribution is -2.71. The Bertz CT molecular complexity index is 890. The van der Waals surface area contributed by atoms with Gasteiger partial charge in [0.15, 0.2) is 5.54 Å². The third-order valence-electron chi connectivity index (χ3n) is 5.65. The highest BCUT2D eigenvalue weighted by atomic mass is 32.2. The first-order valence-electron chi connectivity index (χ1n) is 9.16. The third-order valence-corrected chi connectivity index (χ3v) is 7.30. The molecule has 1 N–H and O–H groups in total. The summed E-state index contributed by atoms with van der Waals surface area (Å²) in [6.07, 6.45) is 1.66. The molecule has 2 saturated heterocycles. The average Bonchev–Trinajstić information content (AvgIpc) is 2.91. The fourth-order valence-corrected chi connectivity index (χ4v) is 5.86. The smallest absolute Gasteiger partial charge is 0.336 e. The number of pyridine rings is 1. The molecule has 3 heterocycles. The molecule has 1 amide bonds. The van der Waals surface area contributed by atoms with Crippen molar-refractivity contribution in [3.63, 3.8) is 0 Å². The molecule has 0 spiro atoms. The van der Waals surface area contributed by atoms with Crippen LogP contribution in [0.1, 0.15) is 31.0 Å². The van der Waals surface area contributed by atoms with E-state index in [9.17, 15) is 14.7 Å². The molecule has 7 heteroatoms. The summed E-state index contributed by atoms with van der Waals surface area (Å²) in [6.45, 7) is 3.35. The summed E-state index contributed by atoms with van der Waals surface area (Å²) < 4.78 is 4.85. The van der Waals surface area contributed by atoms with E-state index in [1.54, 1.807) is 12.3 Å². The van der Waals surface area contributed by atoms with E-state index in [0.29, 0.717) is 5.69 Å². The van der Waals surface area contributed by atoms with E-state index in [1.165, 1.54) is 16.7 Å². The normalized spacial score (nSPS) is 27.8. The van der Waals surface area contributed by atoms with Crippen molar-refractivity contribution >= 4 is 23.6 Å². The number of ether oxygens (including phenoxy) is 1. The molecule has 2 aromatic rings. The van der Waals surface area contributed by atoms with Gasteiger partial charge in [-0.15, -0.1) is 11.8 Å². The number of aliphatic hydroxyl groups is 1. The van der Waals surface area contributed by atoms with Gasteiger partial charge in [-0.25, -0.2) is 4.79 Å². The Kier molecular flexibility index (Phi) is 4.67. The molecule has 146 valence electrons. The van der Waals surface area contributed by atoms with Gasteiger partial charge in [0.05, 0.1) is 17.7 Å². The van der Waals surface area contributed by atoms with Gasteiger partial charge in [-0.1, -0.05) is 36.4 Å². The maximum Gasteiger partial charge on any atom is 0.336 e. The number of hydrogen-bond donors (Lipinski definition) is 1. The Morgan fingerprint density at radius 3 is 2.57 bits per heavy atom. The summed E-state index contributed by atoms with van der Waals surface area (Å²) in [6, 6.07) is 14.8. The number of β-lactam (4-membered cyclic amide) rings is 1. The SMILES string of the molecule is CC1(C)S[C@@H]2[C@H](c3ccccn3)C(=O)N2[C@@]1(CO)C(=O)OCc1ccccc1. The van der Waals surface area contributed by atoms with Crippen LogP contribution in [-0.4, -0.2) is 49.1 Å². The second kappa shape index (κ2) is 6.90. The number of nitrogens with zero attached hydrogens (tertiary/aromatic N) is 2. The molecule has 0 bridgehead atoms. The Morgan fingerprint density at radius 2 is 1.93 bits per heavy atom. The molecule has 28 heavy (non-hydrogen) atoms. The number of esters is 1. The Hall–Kier alpha value is -2.38. The van der Waals surface area contributed by atoms with Crippen LogP contribution >= 0.6 is 11.8 Å². The first kappa shape index (κ1) is 19.0. The van der Waals surface area contributed by atoms with Crippen LogP contribution in [0.5, 0.6) is 0 Å². The zero-order chi connectivity index (χ0) is 19.9. The quantitative estimate of drug-likeness (QED) is 0.615. The van der Waals surface area contributed by atoms with Crippen molar-refractivity contribution in [3.8, 4) is 0 Å². The van der Waals surface area contributed by atoms with Crippen molar-refractivity contribution in [2.75, 3.05) is 6.61 Å². The lowest BCUT2D eigenvalue weighted by atomic mass is 9.79. The number of benzene rings is 1. The van der Waals surface area contributed by atoms with E-state index < -0.39 is 28.8 Å². The predicted octanol–water partition coefficient (Wildman–Crippen LogP) is 2.33. The molecule has 0 aliphatic carbocycles. The van der Waals surface area contributed by atoms with Crippen molar-refractivity contribution in [2.45, 2.75) is 42.0 Å². The standard InChI is InChI=1S/C21H22N2O4S/c1-20(2)21(13-24,19(26)27-12-14-8-4-3-5-9-14)23-17(25)16(18(23)28-20)15-10-6-7-11-22-15/h3-11,16,18,24H,12-13H2,1-2H3/t16-,18-,21+/m1/s1. The highest BCUT2D eigenvalue weighted by molar-refractivity contribution is 8.01. The van der Waals surface area contributed by atoms with Gasteiger partial charge in [-0.05, 0) is 31.5 Å². The molecular weight excluding hydrogens is 376 g/mol. The Balaban J connectivity index is 1.61. The highest BCUT2D eigenvalue weighted by Gasteiger charge is 2.73.